The van der Waals surface area contributed by atoms with Gasteiger partial charge in [0.1, 0.15) is 0 Å². The molecule has 2 aromatic rings. The summed E-state index contributed by atoms with van der Waals surface area (Å²) in [6.45, 7) is 3.88. The summed E-state index contributed by atoms with van der Waals surface area (Å²) in [5.41, 5.74) is 0.982. The molecule has 0 radical (unpaired) electrons. The van der Waals surface area contributed by atoms with E-state index in [4.69, 9.17) is 0 Å². The second-order valence-electron chi connectivity index (χ2n) is 4.79. The van der Waals surface area contributed by atoms with Crippen LogP contribution in [-0.4, -0.2) is 20.0 Å². The van der Waals surface area contributed by atoms with Gasteiger partial charge in [-0.05, 0) is 31.0 Å². The van der Waals surface area contributed by atoms with Crippen molar-refractivity contribution in [2.24, 2.45) is 0 Å². The van der Waals surface area contributed by atoms with Gasteiger partial charge in [0, 0.05) is 36.4 Å². The number of aryl methyl sites for hydroxylation is 1. The topological polar surface area (TPSA) is 63.1 Å². The fraction of sp³-hybridized carbons (Fsp3) is 0.429. The van der Waals surface area contributed by atoms with E-state index >= 15 is 0 Å². The van der Waals surface area contributed by atoms with Gasteiger partial charge in [0.05, 0.1) is 4.90 Å². The quantitative estimate of drug-likeness (QED) is 0.781. The van der Waals surface area contributed by atoms with Crippen LogP contribution in [0.25, 0.3) is 0 Å². The largest absolute Gasteiger partial charge is 0.349 e. The van der Waals surface area contributed by atoms with E-state index < -0.39 is 10.0 Å². The summed E-state index contributed by atoms with van der Waals surface area (Å²) < 4.78 is 29.4. The van der Waals surface area contributed by atoms with Crippen LogP contribution in [0.4, 0.5) is 0 Å². The zero-order valence-electron chi connectivity index (χ0n) is 12.3. The maximum atomic E-state index is 12.4. The number of nitrogens with one attached hydrogen (secondary N) is 2. The molecule has 0 fully saturated rings. The van der Waals surface area contributed by atoms with Crippen molar-refractivity contribution in [1.82, 2.24) is 14.6 Å². The van der Waals surface area contributed by atoms with Crippen LogP contribution in [0.1, 0.15) is 23.9 Å². The molecule has 0 unspecified atom stereocenters. The Morgan fingerprint density at radius 2 is 2.14 bits per heavy atom. The molecule has 0 saturated carbocycles. The normalized spacial score (nSPS) is 11.9. The first kappa shape index (κ1) is 16.2. The average molecular weight is 327 g/mol. The van der Waals surface area contributed by atoms with Crippen LogP contribution in [-0.2, 0) is 29.7 Å². The third-order valence-electron chi connectivity index (χ3n) is 3.11. The van der Waals surface area contributed by atoms with E-state index in [-0.39, 0.29) is 0 Å². The van der Waals surface area contributed by atoms with E-state index in [1.165, 1.54) is 0 Å². The van der Waals surface area contributed by atoms with Gasteiger partial charge in [0.25, 0.3) is 0 Å². The highest BCUT2D eigenvalue weighted by atomic mass is 32.2. The van der Waals surface area contributed by atoms with Crippen molar-refractivity contribution in [3.8, 4) is 0 Å². The first-order chi connectivity index (χ1) is 10.1. The fourth-order valence-corrected chi connectivity index (χ4v) is 3.92. The second-order valence-corrected chi connectivity index (χ2v) is 7.59. The maximum Gasteiger partial charge on any atom is 0.242 e. The molecule has 0 amide bonds. The number of hydrogen-bond donors (Lipinski definition) is 2. The van der Waals surface area contributed by atoms with Crippen LogP contribution in [0.5, 0.6) is 0 Å². The smallest absolute Gasteiger partial charge is 0.242 e. The zero-order valence-corrected chi connectivity index (χ0v) is 13.9. The van der Waals surface area contributed by atoms with Crippen molar-refractivity contribution >= 4 is 21.4 Å². The number of hydrogen-bond acceptors (Lipinski definition) is 4. The molecule has 21 heavy (non-hydrogen) atoms. The number of thiophene rings is 1. The third kappa shape index (κ3) is 4.16. The molecule has 5 nitrogen and oxygen atoms in total. The van der Waals surface area contributed by atoms with Crippen molar-refractivity contribution in [3.05, 3.63) is 40.3 Å². The van der Waals surface area contributed by atoms with Gasteiger partial charge in [-0.25, -0.2) is 13.1 Å². The summed E-state index contributed by atoms with van der Waals surface area (Å²) in [5, 5.41) is 5.00. The van der Waals surface area contributed by atoms with Gasteiger partial charge in [0.2, 0.25) is 10.0 Å². The molecular formula is C14H21N3O2S2. The van der Waals surface area contributed by atoms with E-state index in [9.17, 15) is 8.42 Å². The van der Waals surface area contributed by atoms with Crippen molar-refractivity contribution in [1.29, 1.82) is 0 Å². The highest BCUT2D eigenvalue weighted by Gasteiger charge is 2.18. The summed E-state index contributed by atoms with van der Waals surface area (Å²) in [4.78, 5) is 1.33. The molecule has 0 saturated heterocycles. The molecule has 7 heteroatoms. The Hall–Kier alpha value is -1.15. The summed E-state index contributed by atoms with van der Waals surface area (Å²) in [7, 11) is -1.61. The van der Waals surface area contributed by atoms with E-state index in [2.05, 4.69) is 17.0 Å². The lowest BCUT2D eigenvalue weighted by Crippen LogP contribution is -2.22. The minimum atomic E-state index is -3.47. The Morgan fingerprint density at radius 3 is 2.76 bits per heavy atom. The van der Waals surface area contributed by atoms with Gasteiger partial charge in [-0.15, -0.1) is 11.3 Å². The Labute approximate surface area is 130 Å². The van der Waals surface area contributed by atoms with Crippen LogP contribution in [0.3, 0.4) is 0 Å². The third-order valence-corrected chi connectivity index (χ3v) is 5.35. The molecule has 0 aromatic carbocycles. The Bertz CT molecular complexity index is 637. The molecule has 0 bridgehead atoms. The number of rotatable bonds is 8. The monoisotopic (exact) mass is 327 g/mol. The van der Waals surface area contributed by atoms with Crippen LogP contribution >= 0.6 is 11.3 Å². The molecular weight excluding hydrogens is 306 g/mol. The fourth-order valence-electron chi connectivity index (χ4n) is 2.11. The van der Waals surface area contributed by atoms with Gasteiger partial charge >= 0.3 is 0 Å². The number of sulfonamides is 1. The lowest BCUT2D eigenvalue weighted by atomic mass is 10.4. The van der Waals surface area contributed by atoms with Gasteiger partial charge < -0.3 is 9.88 Å². The van der Waals surface area contributed by atoms with E-state index in [1.54, 1.807) is 23.6 Å². The van der Waals surface area contributed by atoms with Crippen LogP contribution in [0.2, 0.25) is 0 Å². The van der Waals surface area contributed by atoms with Gasteiger partial charge in [-0.2, -0.15) is 0 Å². The summed E-state index contributed by atoms with van der Waals surface area (Å²) in [6, 6.07) is 5.57. The molecule has 2 N–H and O–H groups in total. The predicted octanol–water partition coefficient (Wildman–Crippen LogP) is 2.16. The van der Waals surface area contributed by atoms with Crippen molar-refractivity contribution in [2.45, 2.75) is 37.9 Å². The first-order valence-electron chi connectivity index (χ1n) is 6.92. The molecule has 2 aromatic heterocycles. The molecule has 116 valence electrons. The van der Waals surface area contributed by atoms with E-state index in [1.807, 2.05) is 29.1 Å². The van der Waals surface area contributed by atoms with Crippen molar-refractivity contribution < 1.29 is 8.42 Å². The van der Waals surface area contributed by atoms with Crippen LogP contribution in [0, 0.1) is 0 Å². The average Bonchev–Trinajstić information content (AvgIpc) is 3.08. The Morgan fingerprint density at radius 1 is 1.33 bits per heavy atom. The van der Waals surface area contributed by atoms with Gasteiger partial charge in [-0.1, -0.05) is 13.0 Å². The molecule has 2 rings (SSSR count). The molecule has 2 heterocycles. The van der Waals surface area contributed by atoms with Crippen LogP contribution < -0.4 is 10.0 Å². The minimum absolute atomic E-state index is 0.331. The van der Waals surface area contributed by atoms with Crippen LogP contribution in [0.15, 0.2) is 34.7 Å². The molecule has 0 aliphatic carbocycles. The molecule has 0 spiro atoms. The van der Waals surface area contributed by atoms with Crippen molar-refractivity contribution in [3.63, 3.8) is 0 Å². The highest BCUT2D eigenvalue weighted by molar-refractivity contribution is 7.89. The maximum absolute atomic E-state index is 12.4. The van der Waals surface area contributed by atoms with Gasteiger partial charge in [0.15, 0.2) is 0 Å². The summed E-state index contributed by atoms with van der Waals surface area (Å²) >= 11 is 1.54. The summed E-state index contributed by atoms with van der Waals surface area (Å²) in [5.74, 6) is 0. The van der Waals surface area contributed by atoms with E-state index in [0.29, 0.717) is 18.0 Å². The molecule has 0 aliphatic heterocycles. The molecule has 0 aliphatic rings. The Kier molecular flexibility index (Phi) is 5.58. The summed E-state index contributed by atoms with van der Waals surface area (Å²) in [6.07, 6.45) is 2.68. The van der Waals surface area contributed by atoms with Crippen molar-refractivity contribution in [2.75, 3.05) is 7.05 Å². The first-order valence-corrected chi connectivity index (χ1v) is 9.28. The minimum Gasteiger partial charge on any atom is -0.349 e. The Balaban J connectivity index is 2.16. The second kappa shape index (κ2) is 7.22. The van der Waals surface area contributed by atoms with Gasteiger partial charge in [-0.3, -0.25) is 0 Å². The zero-order chi connectivity index (χ0) is 15.3. The lowest BCUT2D eigenvalue weighted by Gasteiger charge is -2.06. The SMILES string of the molecule is CCCn1cc(S(=O)(=O)NCc2cccs2)cc1CNC. The molecule has 0 atom stereocenters. The predicted molar refractivity (Wildman–Crippen MR) is 85.8 cm³/mol. The van der Waals surface area contributed by atoms with E-state index in [0.717, 1.165) is 23.5 Å². The number of aromatic nitrogens is 1. The standard InChI is InChI=1S/C14H21N3O2S2/c1-3-6-17-11-14(8-12(17)9-15-2)21(18,19)16-10-13-5-4-7-20-13/h4-5,7-8,11,15-16H,3,6,9-10H2,1-2H3. The lowest BCUT2D eigenvalue weighted by molar-refractivity contribution is 0.580. The highest BCUT2D eigenvalue weighted by Crippen LogP contribution is 2.16. The number of nitrogens with zero attached hydrogens (tertiary/aromatic N) is 1.